The molecule has 0 bridgehead atoms. The lowest BCUT2D eigenvalue weighted by Gasteiger charge is -2.30. The molecule has 2 aliphatic heterocycles. The summed E-state index contributed by atoms with van der Waals surface area (Å²) in [5, 5.41) is 0.659. The van der Waals surface area contributed by atoms with Crippen LogP contribution in [-0.4, -0.2) is 81.0 Å². The summed E-state index contributed by atoms with van der Waals surface area (Å²) >= 11 is 1.50. The Labute approximate surface area is 222 Å². The fourth-order valence-corrected chi connectivity index (χ4v) is 7.56. The second-order valence-corrected chi connectivity index (χ2v) is 12.8. The van der Waals surface area contributed by atoms with Gasteiger partial charge in [-0.2, -0.15) is 4.31 Å². The third-order valence-corrected chi connectivity index (χ3v) is 10.0. The van der Waals surface area contributed by atoms with Gasteiger partial charge >= 0.3 is 0 Å². The zero-order valence-corrected chi connectivity index (χ0v) is 22.8. The van der Waals surface area contributed by atoms with Crippen LogP contribution in [0.1, 0.15) is 36.5 Å². The summed E-state index contributed by atoms with van der Waals surface area (Å²) in [5.74, 6) is 0.181. The normalized spacial score (nSPS) is 19.8. The molecule has 0 radical (unpaired) electrons. The number of aromatic nitrogens is 1. The number of anilines is 1. The molecular formula is C27H34N4O4S2. The highest BCUT2D eigenvalue weighted by atomic mass is 32.2. The SMILES string of the molecule is CC1CCCN(S(=O)(=O)c2ccc(C(=O)N(CCCN3CCOCC3)c3nc4ccccc4s3)cc2)C1. The Morgan fingerprint density at radius 2 is 1.86 bits per heavy atom. The van der Waals surface area contributed by atoms with E-state index < -0.39 is 10.0 Å². The Bertz CT molecular complexity index is 1290. The topological polar surface area (TPSA) is 83.1 Å². The van der Waals surface area contributed by atoms with Crippen LogP contribution in [0.5, 0.6) is 0 Å². The molecule has 2 aliphatic rings. The number of thiazole rings is 1. The van der Waals surface area contributed by atoms with Crippen molar-refractivity contribution in [1.29, 1.82) is 0 Å². The highest BCUT2D eigenvalue weighted by molar-refractivity contribution is 7.89. The molecule has 2 saturated heterocycles. The lowest BCUT2D eigenvalue weighted by atomic mass is 10.0. The van der Waals surface area contributed by atoms with Crippen molar-refractivity contribution in [3.63, 3.8) is 0 Å². The zero-order chi connectivity index (χ0) is 25.8. The lowest BCUT2D eigenvalue weighted by molar-refractivity contribution is 0.0376. The maximum Gasteiger partial charge on any atom is 0.260 e. The minimum absolute atomic E-state index is 0.170. The maximum absolute atomic E-state index is 13.7. The van der Waals surface area contributed by atoms with Gasteiger partial charge in [-0.25, -0.2) is 13.4 Å². The van der Waals surface area contributed by atoms with E-state index in [4.69, 9.17) is 9.72 Å². The monoisotopic (exact) mass is 542 g/mol. The summed E-state index contributed by atoms with van der Waals surface area (Å²) < 4.78 is 34.4. The first-order valence-electron chi connectivity index (χ1n) is 13.0. The molecule has 37 heavy (non-hydrogen) atoms. The zero-order valence-electron chi connectivity index (χ0n) is 21.2. The van der Waals surface area contributed by atoms with Gasteiger partial charge in [0.2, 0.25) is 10.0 Å². The van der Waals surface area contributed by atoms with Crippen LogP contribution in [0.2, 0.25) is 0 Å². The summed E-state index contributed by atoms with van der Waals surface area (Å²) in [5.41, 5.74) is 1.32. The van der Waals surface area contributed by atoms with Gasteiger partial charge in [-0.15, -0.1) is 0 Å². The van der Waals surface area contributed by atoms with Crippen LogP contribution in [0.25, 0.3) is 10.2 Å². The number of sulfonamides is 1. The average molecular weight is 543 g/mol. The Hall–Kier alpha value is -2.37. The number of morpholine rings is 1. The van der Waals surface area contributed by atoms with E-state index in [1.165, 1.54) is 11.3 Å². The van der Waals surface area contributed by atoms with Crippen LogP contribution >= 0.6 is 11.3 Å². The fourth-order valence-electron chi connectivity index (χ4n) is 4.98. The molecule has 1 amide bonds. The molecule has 1 aromatic heterocycles. The molecule has 8 nitrogen and oxygen atoms in total. The molecule has 0 saturated carbocycles. The molecule has 3 heterocycles. The molecule has 0 N–H and O–H groups in total. The predicted octanol–water partition coefficient (Wildman–Crippen LogP) is 4.09. The number of rotatable bonds is 8. The van der Waals surface area contributed by atoms with E-state index in [0.717, 1.165) is 62.3 Å². The molecule has 3 aromatic rings. The number of para-hydroxylation sites is 1. The van der Waals surface area contributed by atoms with Crippen molar-refractivity contribution in [1.82, 2.24) is 14.2 Å². The first-order valence-corrected chi connectivity index (χ1v) is 15.3. The van der Waals surface area contributed by atoms with E-state index in [2.05, 4.69) is 11.8 Å². The molecule has 2 aromatic carbocycles. The van der Waals surface area contributed by atoms with Crippen LogP contribution in [0, 0.1) is 5.92 Å². The predicted molar refractivity (Wildman–Crippen MR) is 147 cm³/mol. The van der Waals surface area contributed by atoms with Crippen LogP contribution in [-0.2, 0) is 14.8 Å². The highest BCUT2D eigenvalue weighted by Crippen LogP contribution is 2.30. The molecule has 2 fully saturated rings. The van der Waals surface area contributed by atoms with Crippen LogP contribution in [0.4, 0.5) is 5.13 Å². The summed E-state index contributed by atoms with van der Waals surface area (Å²) in [6.07, 6.45) is 2.73. The van der Waals surface area contributed by atoms with Gasteiger partial charge in [0.25, 0.3) is 5.91 Å². The van der Waals surface area contributed by atoms with E-state index in [1.807, 2.05) is 24.3 Å². The molecule has 5 rings (SSSR count). The number of hydrogen-bond donors (Lipinski definition) is 0. The third kappa shape index (κ3) is 6.04. The number of piperidine rings is 1. The van der Waals surface area contributed by atoms with Gasteiger partial charge in [0.1, 0.15) is 0 Å². The molecule has 10 heteroatoms. The first-order chi connectivity index (χ1) is 17.9. The fraction of sp³-hybridized carbons (Fsp3) is 0.481. The van der Waals surface area contributed by atoms with Crippen molar-refractivity contribution in [3.05, 3.63) is 54.1 Å². The number of nitrogens with zero attached hydrogens (tertiary/aromatic N) is 4. The number of carbonyl (C=O) groups is 1. The van der Waals surface area contributed by atoms with Crippen molar-refractivity contribution < 1.29 is 17.9 Å². The van der Waals surface area contributed by atoms with Gasteiger partial charge in [0, 0.05) is 44.8 Å². The van der Waals surface area contributed by atoms with E-state index in [0.29, 0.717) is 36.2 Å². The minimum atomic E-state index is -3.57. The van der Waals surface area contributed by atoms with Crippen molar-refractivity contribution in [2.24, 2.45) is 5.92 Å². The second kappa shape index (κ2) is 11.6. The standard InChI is InChI=1S/C27H34N4O4S2/c1-21-6-4-14-30(20-21)37(33,34)23-11-9-22(10-12-23)26(32)31(15-5-13-29-16-18-35-19-17-29)27-28-24-7-2-3-8-25(24)36-27/h2-3,7-12,21H,4-6,13-20H2,1H3. The number of hydrogen-bond acceptors (Lipinski definition) is 7. The molecular weight excluding hydrogens is 508 g/mol. The van der Waals surface area contributed by atoms with E-state index >= 15 is 0 Å². The van der Waals surface area contributed by atoms with Crippen molar-refractivity contribution in [2.45, 2.75) is 31.1 Å². The average Bonchev–Trinajstić information content (AvgIpc) is 3.35. The van der Waals surface area contributed by atoms with Crippen LogP contribution < -0.4 is 4.90 Å². The van der Waals surface area contributed by atoms with E-state index in [9.17, 15) is 13.2 Å². The van der Waals surface area contributed by atoms with Gasteiger partial charge in [-0.1, -0.05) is 30.4 Å². The van der Waals surface area contributed by atoms with Crippen LogP contribution in [0.3, 0.4) is 0 Å². The Balaban J connectivity index is 1.35. The number of fused-ring (bicyclic) bond motifs is 1. The number of ether oxygens (including phenoxy) is 1. The largest absolute Gasteiger partial charge is 0.379 e. The van der Waals surface area contributed by atoms with Crippen molar-refractivity contribution >= 4 is 42.6 Å². The smallest absolute Gasteiger partial charge is 0.260 e. The lowest BCUT2D eigenvalue weighted by Crippen LogP contribution is -2.39. The Kier molecular flexibility index (Phi) is 8.21. The van der Waals surface area contributed by atoms with E-state index in [-0.39, 0.29) is 10.8 Å². The van der Waals surface area contributed by atoms with Gasteiger partial charge in [-0.05, 0) is 61.6 Å². The summed E-state index contributed by atoms with van der Waals surface area (Å²) in [6, 6.07) is 14.3. The number of carbonyl (C=O) groups excluding carboxylic acids is 1. The molecule has 1 unspecified atom stereocenters. The van der Waals surface area contributed by atoms with Crippen LogP contribution in [0.15, 0.2) is 53.4 Å². The van der Waals surface area contributed by atoms with Gasteiger partial charge < -0.3 is 4.74 Å². The van der Waals surface area contributed by atoms with Crippen molar-refractivity contribution in [2.75, 3.05) is 57.4 Å². The summed E-state index contributed by atoms with van der Waals surface area (Å²) in [6.45, 7) is 7.86. The Morgan fingerprint density at radius 3 is 2.59 bits per heavy atom. The van der Waals surface area contributed by atoms with Crippen molar-refractivity contribution in [3.8, 4) is 0 Å². The van der Waals surface area contributed by atoms with Gasteiger partial charge in [0.05, 0.1) is 28.3 Å². The van der Waals surface area contributed by atoms with E-state index in [1.54, 1.807) is 33.5 Å². The number of amides is 1. The second-order valence-electron chi connectivity index (χ2n) is 9.86. The first kappa shape index (κ1) is 26.2. The maximum atomic E-state index is 13.7. The van der Waals surface area contributed by atoms with Gasteiger partial charge in [-0.3, -0.25) is 14.6 Å². The molecule has 198 valence electrons. The highest BCUT2D eigenvalue weighted by Gasteiger charge is 2.29. The minimum Gasteiger partial charge on any atom is -0.379 e. The summed E-state index contributed by atoms with van der Waals surface area (Å²) in [4.78, 5) is 22.8. The van der Waals surface area contributed by atoms with Gasteiger partial charge in [0.15, 0.2) is 5.13 Å². The molecule has 0 aliphatic carbocycles. The molecule has 0 spiro atoms. The Morgan fingerprint density at radius 1 is 1.11 bits per heavy atom. The summed E-state index contributed by atoms with van der Waals surface area (Å²) in [7, 11) is -3.57. The third-order valence-electron chi connectivity index (χ3n) is 7.08. The number of benzene rings is 2. The molecule has 1 atom stereocenters. The quantitative estimate of drug-likeness (QED) is 0.427.